The molecule has 0 atom stereocenters. The summed E-state index contributed by atoms with van der Waals surface area (Å²) in [6, 6.07) is 24.8. The summed E-state index contributed by atoms with van der Waals surface area (Å²) < 4.78 is 7.52. The van der Waals surface area contributed by atoms with Gasteiger partial charge in [-0.15, -0.1) is 0 Å². The molecule has 5 nitrogen and oxygen atoms in total. The van der Waals surface area contributed by atoms with Crippen molar-refractivity contribution < 1.29 is 19.4 Å². The molecular formula is C27H25NO4. The van der Waals surface area contributed by atoms with Gasteiger partial charge in [-0.2, -0.15) is 0 Å². The molecule has 4 rings (SSSR count). The molecule has 0 unspecified atom stereocenters. The zero-order chi connectivity index (χ0) is 22.5. The van der Waals surface area contributed by atoms with Gasteiger partial charge in [0.05, 0.1) is 18.5 Å². The number of carboxylic acid groups (broad SMARTS) is 1. The number of carbonyl (C=O) groups excluding carboxylic acids is 1. The van der Waals surface area contributed by atoms with E-state index in [2.05, 4.69) is 12.1 Å². The molecule has 4 aromatic rings. The number of aliphatic carboxylic acids is 1. The standard InChI is InChI=1S/C27H25NO4/c1-19-16-24-21(18-26(29)30)11-6-14-25(24)28(19)27(31)22-12-5-13-23(17-22)32-15-7-10-20-8-3-2-4-9-20/h2-6,8-9,11-14,16-17H,7,10,15,18H2,1H3,(H,29,30). The Balaban J connectivity index is 1.51. The molecular weight excluding hydrogens is 402 g/mol. The molecule has 0 fully saturated rings. The number of nitrogens with zero attached hydrogens (tertiary/aromatic N) is 1. The van der Waals surface area contributed by atoms with Gasteiger partial charge in [0.1, 0.15) is 5.75 Å². The van der Waals surface area contributed by atoms with Crippen LogP contribution >= 0.6 is 0 Å². The third-order valence-electron chi connectivity index (χ3n) is 5.47. The molecule has 1 aromatic heterocycles. The molecule has 0 aliphatic rings. The average Bonchev–Trinajstić information content (AvgIpc) is 3.13. The fourth-order valence-corrected chi connectivity index (χ4v) is 3.97. The number of aryl methyl sites for hydroxylation is 2. The SMILES string of the molecule is Cc1cc2c(CC(=O)O)cccc2n1C(=O)c1cccc(OCCCc2ccccc2)c1. The molecule has 32 heavy (non-hydrogen) atoms. The summed E-state index contributed by atoms with van der Waals surface area (Å²) in [6.07, 6.45) is 1.74. The first-order valence-electron chi connectivity index (χ1n) is 10.7. The number of aromatic nitrogens is 1. The van der Waals surface area contributed by atoms with Crippen LogP contribution in [0.5, 0.6) is 5.75 Å². The topological polar surface area (TPSA) is 68.5 Å². The Morgan fingerprint density at radius 2 is 1.72 bits per heavy atom. The van der Waals surface area contributed by atoms with E-state index in [9.17, 15) is 14.7 Å². The second-order valence-corrected chi connectivity index (χ2v) is 7.81. The molecule has 0 saturated heterocycles. The summed E-state index contributed by atoms with van der Waals surface area (Å²) in [5.74, 6) is -0.407. The maximum atomic E-state index is 13.3. The smallest absolute Gasteiger partial charge is 0.307 e. The molecule has 1 heterocycles. The third-order valence-corrected chi connectivity index (χ3v) is 5.47. The molecule has 0 aliphatic heterocycles. The first kappa shape index (κ1) is 21.4. The molecule has 0 bridgehead atoms. The summed E-state index contributed by atoms with van der Waals surface area (Å²) in [5, 5.41) is 9.97. The van der Waals surface area contributed by atoms with Crippen LogP contribution in [0.2, 0.25) is 0 Å². The van der Waals surface area contributed by atoms with Crippen molar-refractivity contribution in [1.82, 2.24) is 4.57 Å². The van der Waals surface area contributed by atoms with Crippen LogP contribution < -0.4 is 4.74 Å². The van der Waals surface area contributed by atoms with Gasteiger partial charge in [0.15, 0.2) is 0 Å². The predicted molar refractivity (Wildman–Crippen MR) is 124 cm³/mol. The van der Waals surface area contributed by atoms with Crippen LogP contribution in [0.3, 0.4) is 0 Å². The van der Waals surface area contributed by atoms with Gasteiger partial charge in [0.25, 0.3) is 5.91 Å². The lowest BCUT2D eigenvalue weighted by Gasteiger charge is -2.10. The Morgan fingerprint density at radius 3 is 2.50 bits per heavy atom. The minimum atomic E-state index is -0.897. The van der Waals surface area contributed by atoms with Crippen LogP contribution in [0, 0.1) is 6.92 Å². The van der Waals surface area contributed by atoms with Crippen molar-refractivity contribution in [2.24, 2.45) is 0 Å². The zero-order valence-corrected chi connectivity index (χ0v) is 18.0. The molecule has 162 valence electrons. The average molecular weight is 428 g/mol. The van der Waals surface area contributed by atoms with E-state index >= 15 is 0 Å². The number of hydrogen-bond donors (Lipinski definition) is 1. The highest BCUT2D eigenvalue weighted by molar-refractivity contribution is 6.04. The third kappa shape index (κ3) is 4.72. The van der Waals surface area contributed by atoms with Gasteiger partial charge < -0.3 is 9.84 Å². The van der Waals surface area contributed by atoms with E-state index in [1.165, 1.54) is 5.56 Å². The van der Waals surface area contributed by atoms with Gasteiger partial charge in [-0.05, 0) is 61.2 Å². The Labute approximate surface area is 186 Å². The van der Waals surface area contributed by atoms with Crippen LogP contribution in [0.1, 0.15) is 33.6 Å². The van der Waals surface area contributed by atoms with Crippen molar-refractivity contribution in [1.29, 1.82) is 0 Å². The highest BCUT2D eigenvalue weighted by Gasteiger charge is 2.17. The quantitative estimate of drug-likeness (QED) is 0.389. The Hall–Kier alpha value is -3.86. The van der Waals surface area contributed by atoms with Crippen LogP contribution in [-0.4, -0.2) is 28.2 Å². The van der Waals surface area contributed by atoms with E-state index in [0.717, 1.165) is 23.9 Å². The summed E-state index contributed by atoms with van der Waals surface area (Å²) in [7, 11) is 0. The molecule has 3 aromatic carbocycles. The normalized spacial score (nSPS) is 10.9. The van der Waals surface area contributed by atoms with Crippen LogP contribution in [0.4, 0.5) is 0 Å². The number of carboxylic acids is 1. The number of rotatable bonds is 8. The lowest BCUT2D eigenvalue weighted by atomic mass is 10.1. The number of benzene rings is 3. The van der Waals surface area contributed by atoms with Gasteiger partial charge in [-0.25, -0.2) is 0 Å². The van der Waals surface area contributed by atoms with Crippen molar-refractivity contribution in [3.63, 3.8) is 0 Å². The first-order chi connectivity index (χ1) is 15.5. The molecule has 0 amide bonds. The van der Waals surface area contributed by atoms with Crippen molar-refractivity contribution in [3.8, 4) is 5.75 Å². The largest absolute Gasteiger partial charge is 0.494 e. The van der Waals surface area contributed by atoms with E-state index in [4.69, 9.17) is 4.74 Å². The molecule has 1 N–H and O–H groups in total. The second kappa shape index (κ2) is 9.52. The van der Waals surface area contributed by atoms with E-state index in [1.807, 2.05) is 49.4 Å². The Morgan fingerprint density at radius 1 is 0.938 bits per heavy atom. The minimum absolute atomic E-state index is 0.0821. The fraction of sp³-hybridized carbons (Fsp3) is 0.185. The lowest BCUT2D eigenvalue weighted by molar-refractivity contribution is -0.136. The highest BCUT2D eigenvalue weighted by Crippen LogP contribution is 2.26. The summed E-state index contributed by atoms with van der Waals surface area (Å²) >= 11 is 0. The molecule has 0 aliphatic carbocycles. The number of carbonyl (C=O) groups is 2. The maximum Gasteiger partial charge on any atom is 0.307 e. The van der Waals surface area contributed by atoms with Gasteiger partial charge in [-0.3, -0.25) is 14.2 Å². The summed E-state index contributed by atoms with van der Waals surface area (Å²) in [6.45, 7) is 2.42. The van der Waals surface area contributed by atoms with Crippen molar-refractivity contribution in [2.75, 3.05) is 6.61 Å². The van der Waals surface area contributed by atoms with E-state index in [-0.39, 0.29) is 12.3 Å². The monoisotopic (exact) mass is 427 g/mol. The molecule has 0 spiro atoms. The molecule has 5 heteroatoms. The minimum Gasteiger partial charge on any atom is -0.494 e. The van der Waals surface area contributed by atoms with Crippen molar-refractivity contribution in [3.05, 3.63) is 101 Å². The number of hydrogen-bond acceptors (Lipinski definition) is 3. The van der Waals surface area contributed by atoms with Crippen LogP contribution in [-0.2, 0) is 17.6 Å². The maximum absolute atomic E-state index is 13.3. The van der Waals surface area contributed by atoms with Gasteiger partial charge >= 0.3 is 5.97 Å². The highest BCUT2D eigenvalue weighted by atomic mass is 16.5. The number of ether oxygens (including phenoxy) is 1. The summed E-state index contributed by atoms with van der Waals surface area (Å²) in [5.41, 5.74) is 3.96. The lowest BCUT2D eigenvalue weighted by Crippen LogP contribution is -2.13. The van der Waals surface area contributed by atoms with Crippen LogP contribution in [0.25, 0.3) is 10.9 Å². The fourth-order valence-electron chi connectivity index (χ4n) is 3.97. The van der Waals surface area contributed by atoms with Crippen molar-refractivity contribution in [2.45, 2.75) is 26.2 Å². The second-order valence-electron chi connectivity index (χ2n) is 7.81. The number of fused-ring (bicyclic) bond motifs is 1. The van der Waals surface area contributed by atoms with Crippen LogP contribution in [0.15, 0.2) is 78.9 Å². The molecule has 0 saturated carbocycles. The van der Waals surface area contributed by atoms with Gasteiger partial charge in [-0.1, -0.05) is 48.5 Å². The zero-order valence-electron chi connectivity index (χ0n) is 18.0. The molecule has 0 radical (unpaired) electrons. The van der Waals surface area contributed by atoms with E-state index in [1.54, 1.807) is 28.8 Å². The van der Waals surface area contributed by atoms with Gasteiger partial charge in [0, 0.05) is 16.6 Å². The summed E-state index contributed by atoms with van der Waals surface area (Å²) in [4.78, 5) is 24.5. The first-order valence-corrected chi connectivity index (χ1v) is 10.7. The Bertz CT molecular complexity index is 1260. The predicted octanol–water partition coefficient (Wildman–Crippen LogP) is 5.28. The van der Waals surface area contributed by atoms with E-state index in [0.29, 0.717) is 29.0 Å². The Kier molecular flexibility index (Phi) is 6.36. The van der Waals surface area contributed by atoms with Crippen molar-refractivity contribution >= 4 is 22.8 Å². The van der Waals surface area contributed by atoms with E-state index < -0.39 is 5.97 Å². The van der Waals surface area contributed by atoms with Gasteiger partial charge in [0.2, 0.25) is 0 Å².